The molecule has 0 bridgehead atoms. The number of unbranched alkanes of at least 4 members (excludes halogenated alkanes) is 25. The third-order valence-electron chi connectivity index (χ3n) is 10.8. The molecule has 6 N–H and O–H groups in total. The van der Waals surface area contributed by atoms with Gasteiger partial charge in [0.2, 0.25) is 5.91 Å². The number of rotatable bonds is 37. The lowest BCUT2D eigenvalue weighted by molar-refractivity contribution is -0.302. The van der Waals surface area contributed by atoms with E-state index in [2.05, 4.69) is 31.3 Å². The van der Waals surface area contributed by atoms with Gasteiger partial charge in [-0.05, 0) is 32.1 Å². The maximum Gasteiger partial charge on any atom is 0.220 e. The highest BCUT2D eigenvalue weighted by Crippen LogP contribution is 2.22. The highest BCUT2D eigenvalue weighted by Gasteiger charge is 2.44. The average molecular weight is 768 g/mol. The number of aliphatic hydroxyl groups excluding tert-OH is 5. The molecule has 318 valence electrons. The minimum absolute atomic E-state index is 0.187. The minimum atomic E-state index is -1.57. The van der Waals surface area contributed by atoms with E-state index in [1.807, 2.05) is 6.08 Å². The number of aliphatic hydroxyl groups is 5. The van der Waals surface area contributed by atoms with E-state index in [0.717, 1.165) is 38.5 Å². The monoisotopic (exact) mass is 768 g/mol. The largest absolute Gasteiger partial charge is 0.394 e. The first-order valence-corrected chi connectivity index (χ1v) is 22.6. The third kappa shape index (κ3) is 26.5. The average Bonchev–Trinajstić information content (AvgIpc) is 3.17. The first-order chi connectivity index (χ1) is 26.3. The number of ether oxygens (including phenoxy) is 2. The Morgan fingerprint density at radius 3 is 1.56 bits per heavy atom. The van der Waals surface area contributed by atoms with Crippen molar-refractivity contribution in [2.24, 2.45) is 0 Å². The van der Waals surface area contributed by atoms with Crippen molar-refractivity contribution in [1.29, 1.82) is 0 Å². The molecule has 1 aliphatic rings. The zero-order chi connectivity index (χ0) is 39.5. The van der Waals surface area contributed by atoms with Crippen LogP contribution >= 0.6 is 0 Å². The van der Waals surface area contributed by atoms with Crippen molar-refractivity contribution in [3.63, 3.8) is 0 Å². The SMILES string of the molecule is CCCCC/C=C/CC/C=C/[C@@H](O)[C@H](CO[C@H]1O[C@@H](CO)[C@H](O)C(O)C1O)NC(=O)CCCCCCCCCCCCCCCCCCCCCCCC. The summed E-state index contributed by atoms with van der Waals surface area (Å²) in [6.45, 7) is 3.71. The van der Waals surface area contributed by atoms with Crippen LogP contribution < -0.4 is 5.32 Å². The second-order valence-electron chi connectivity index (χ2n) is 15.8. The van der Waals surface area contributed by atoms with Gasteiger partial charge in [0, 0.05) is 6.42 Å². The molecule has 1 heterocycles. The van der Waals surface area contributed by atoms with Crippen LogP contribution in [0, 0.1) is 0 Å². The zero-order valence-corrected chi connectivity index (χ0v) is 34.7. The van der Waals surface area contributed by atoms with Gasteiger partial charge in [-0.15, -0.1) is 0 Å². The summed E-state index contributed by atoms with van der Waals surface area (Å²) >= 11 is 0. The molecule has 7 atom stereocenters. The minimum Gasteiger partial charge on any atom is -0.394 e. The normalized spacial score (nSPS) is 21.6. The molecule has 9 heteroatoms. The van der Waals surface area contributed by atoms with Crippen molar-refractivity contribution in [2.45, 2.75) is 243 Å². The van der Waals surface area contributed by atoms with Crippen LogP contribution in [0.3, 0.4) is 0 Å². The smallest absolute Gasteiger partial charge is 0.220 e. The molecule has 0 aliphatic carbocycles. The highest BCUT2D eigenvalue weighted by atomic mass is 16.7. The molecular weight excluding hydrogens is 682 g/mol. The molecule has 1 amide bonds. The van der Waals surface area contributed by atoms with Gasteiger partial charge in [0.15, 0.2) is 6.29 Å². The van der Waals surface area contributed by atoms with E-state index in [1.165, 1.54) is 141 Å². The number of allylic oxidation sites excluding steroid dienone is 3. The molecule has 0 aromatic carbocycles. The second-order valence-corrected chi connectivity index (χ2v) is 15.8. The van der Waals surface area contributed by atoms with Crippen molar-refractivity contribution in [1.82, 2.24) is 5.32 Å². The van der Waals surface area contributed by atoms with E-state index in [9.17, 15) is 30.3 Å². The lowest BCUT2D eigenvalue weighted by Gasteiger charge is -2.40. The summed E-state index contributed by atoms with van der Waals surface area (Å²) in [5.74, 6) is -0.187. The van der Waals surface area contributed by atoms with Gasteiger partial charge < -0.3 is 40.3 Å². The molecule has 54 heavy (non-hydrogen) atoms. The maximum atomic E-state index is 12.9. The van der Waals surface area contributed by atoms with Crippen LogP contribution in [0.1, 0.15) is 200 Å². The summed E-state index contributed by atoms with van der Waals surface area (Å²) in [7, 11) is 0. The predicted octanol–water partition coefficient (Wildman–Crippen LogP) is 9.11. The quantitative estimate of drug-likeness (QED) is 0.0271. The fraction of sp³-hybridized carbons (Fsp3) is 0.889. The fourth-order valence-corrected chi connectivity index (χ4v) is 7.11. The van der Waals surface area contributed by atoms with E-state index in [4.69, 9.17) is 9.47 Å². The summed E-state index contributed by atoms with van der Waals surface area (Å²) in [6, 6.07) is -0.814. The molecule has 2 unspecified atom stereocenters. The number of hydrogen-bond donors (Lipinski definition) is 6. The van der Waals surface area contributed by atoms with Crippen molar-refractivity contribution < 1.29 is 39.8 Å². The first-order valence-electron chi connectivity index (χ1n) is 22.6. The Kier molecular flexibility index (Phi) is 33.8. The van der Waals surface area contributed by atoms with Gasteiger partial charge in [-0.1, -0.05) is 186 Å². The van der Waals surface area contributed by atoms with E-state index < -0.39 is 49.5 Å². The lowest BCUT2D eigenvalue weighted by Crippen LogP contribution is -2.60. The van der Waals surface area contributed by atoms with Crippen LogP contribution in [0.25, 0.3) is 0 Å². The Hall–Kier alpha value is -1.33. The van der Waals surface area contributed by atoms with Gasteiger partial charge in [-0.3, -0.25) is 4.79 Å². The lowest BCUT2D eigenvalue weighted by atomic mass is 9.99. The van der Waals surface area contributed by atoms with Gasteiger partial charge in [0.25, 0.3) is 0 Å². The van der Waals surface area contributed by atoms with Gasteiger partial charge in [0.05, 0.1) is 25.4 Å². The summed E-state index contributed by atoms with van der Waals surface area (Å²) in [5, 5.41) is 53.9. The molecule has 0 saturated carbocycles. The number of carbonyl (C=O) groups excluding carboxylic acids is 1. The van der Waals surface area contributed by atoms with Gasteiger partial charge >= 0.3 is 0 Å². The summed E-state index contributed by atoms with van der Waals surface area (Å²) in [6.07, 6.45) is 35.3. The fourth-order valence-electron chi connectivity index (χ4n) is 7.11. The summed E-state index contributed by atoms with van der Waals surface area (Å²) < 4.78 is 11.2. The number of amides is 1. The topological polar surface area (TPSA) is 149 Å². The molecule has 0 spiro atoms. The van der Waals surface area contributed by atoms with E-state index >= 15 is 0 Å². The highest BCUT2D eigenvalue weighted by molar-refractivity contribution is 5.76. The Balaban J connectivity index is 2.25. The van der Waals surface area contributed by atoms with Crippen LogP contribution in [-0.2, 0) is 14.3 Å². The van der Waals surface area contributed by atoms with Crippen molar-refractivity contribution >= 4 is 5.91 Å². The number of hydrogen-bond acceptors (Lipinski definition) is 8. The standard InChI is InChI=1S/C45H85NO8/c1-3-5-7-9-11-13-14-15-16-17-18-19-20-21-22-23-24-25-27-29-31-33-35-41(49)46-38(39(48)34-32-30-28-26-12-10-8-6-4-2)37-53-45-44(52)43(51)42(50)40(36-47)54-45/h12,26,32,34,38-40,42-45,47-48,50-52H,3-11,13-25,27-31,33,35-37H2,1-2H3,(H,46,49)/b26-12+,34-32+/t38-,39+,40-,42-,43?,44?,45-/m0/s1. The Bertz CT molecular complexity index is 899. The van der Waals surface area contributed by atoms with Crippen LogP contribution in [-0.4, -0.2) is 87.5 Å². The Morgan fingerprint density at radius 1 is 0.611 bits per heavy atom. The molecule has 9 nitrogen and oxygen atoms in total. The molecule has 0 aromatic heterocycles. The van der Waals surface area contributed by atoms with Gasteiger partial charge in [-0.2, -0.15) is 0 Å². The van der Waals surface area contributed by atoms with E-state index in [1.54, 1.807) is 6.08 Å². The molecule has 1 aliphatic heterocycles. The van der Waals surface area contributed by atoms with Crippen LogP contribution in [0.5, 0.6) is 0 Å². The number of nitrogens with one attached hydrogen (secondary N) is 1. The third-order valence-corrected chi connectivity index (χ3v) is 10.8. The van der Waals surface area contributed by atoms with Crippen LogP contribution in [0.15, 0.2) is 24.3 Å². The van der Waals surface area contributed by atoms with E-state index in [-0.39, 0.29) is 12.5 Å². The molecule has 0 aromatic rings. The molecular formula is C45H85NO8. The van der Waals surface area contributed by atoms with Gasteiger partial charge in [-0.25, -0.2) is 0 Å². The predicted molar refractivity (Wildman–Crippen MR) is 221 cm³/mol. The van der Waals surface area contributed by atoms with Crippen molar-refractivity contribution in [3.05, 3.63) is 24.3 Å². The summed E-state index contributed by atoms with van der Waals surface area (Å²) in [5.41, 5.74) is 0. The van der Waals surface area contributed by atoms with Gasteiger partial charge in [0.1, 0.15) is 24.4 Å². The summed E-state index contributed by atoms with van der Waals surface area (Å²) in [4.78, 5) is 12.9. The van der Waals surface area contributed by atoms with Crippen LogP contribution in [0.4, 0.5) is 0 Å². The van der Waals surface area contributed by atoms with Crippen LogP contribution in [0.2, 0.25) is 0 Å². The Labute approximate surface area is 330 Å². The molecule has 1 rings (SSSR count). The second kappa shape index (κ2) is 36.0. The van der Waals surface area contributed by atoms with E-state index in [0.29, 0.717) is 6.42 Å². The van der Waals surface area contributed by atoms with Crippen molar-refractivity contribution in [2.75, 3.05) is 13.2 Å². The Morgan fingerprint density at radius 2 is 1.06 bits per heavy atom. The van der Waals surface area contributed by atoms with Crippen molar-refractivity contribution in [3.8, 4) is 0 Å². The number of carbonyl (C=O) groups is 1. The zero-order valence-electron chi connectivity index (χ0n) is 34.7. The first kappa shape index (κ1) is 50.7. The maximum absolute atomic E-state index is 12.9. The molecule has 0 radical (unpaired) electrons. The molecule has 1 fully saturated rings. The molecule has 1 saturated heterocycles.